The monoisotopic (exact) mass is 365 g/mol. The van der Waals surface area contributed by atoms with E-state index >= 15 is 0 Å². The first-order chi connectivity index (χ1) is 11.8. The number of benzene rings is 3. The first-order valence-corrected chi connectivity index (χ1v) is 8.89. The Morgan fingerprint density at radius 2 is 1.56 bits per heavy atom. The van der Waals surface area contributed by atoms with Crippen molar-refractivity contribution in [2.75, 3.05) is 0 Å². The van der Waals surface area contributed by atoms with Crippen LogP contribution in [0.4, 0.5) is 13.2 Å². The van der Waals surface area contributed by atoms with Crippen LogP contribution in [0.3, 0.4) is 0 Å². The molecule has 130 valence electrons. The maximum atomic E-state index is 12.8. The van der Waals surface area contributed by atoms with Crippen molar-refractivity contribution >= 4 is 20.8 Å². The van der Waals surface area contributed by atoms with Gasteiger partial charge in [0.1, 0.15) is 0 Å². The molecule has 0 saturated carbocycles. The molecule has 0 aliphatic heterocycles. The third-order valence-electron chi connectivity index (χ3n) is 3.80. The van der Waals surface area contributed by atoms with E-state index in [1.54, 1.807) is 12.1 Å². The van der Waals surface area contributed by atoms with Crippen molar-refractivity contribution in [3.63, 3.8) is 0 Å². The van der Waals surface area contributed by atoms with Gasteiger partial charge in [0.2, 0.25) is 10.0 Å². The molecule has 3 rings (SSSR count). The van der Waals surface area contributed by atoms with Gasteiger partial charge in [-0.15, -0.1) is 0 Å². The summed E-state index contributed by atoms with van der Waals surface area (Å²) in [5, 5.41) is 1.84. The molecule has 0 saturated heterocycles. The Bertz CT molecular complexity index is 1010. The minimum atomic E-state index is -4.60. The smallest absolute Gasteiger partial charge is 0.207 e. The molecular formula is C18H14F3NO2S. The molecule has 0 unspecified atom stereocenters. The molecule has 3 nitrogen and oxygen atoms in total. The average Bonchev–Trinajstić information content (AvgIpc) is 2.59. The van der Waals surface area contributed by atoms with Crippen LogP contribution in [0, 0.1) is 0 Å². The number of fused-ring (bicyclic) bond motifs is 1. The predicted octanol–water partition coefficient (Wildman–Crippen LogP) is 4.34. The highest BCUT2D eigenvalue weighted by Crippen LogP contribution is 2.30. The first kappa shape index (κ1) is 17.4. The molecule has 0 spiro atoms. The highest BCUT2D eigenvalue weighted by molar-refractivity contribution is 7.89. The van der Waals surface area contributed by atoms with Crippen molar-refractivity contribution in [1.82, 2.24) is 4.72 Å². The zero-order chi connectivity index (χ0) is 18.1. The zero-order valence-electron chi connectivity index (χ0n) is 12.9. The number of halogens is 3. The van der Waals surface area contributed by atoms with Gasteiger partial charge in [-0.3, -0.25) is 0 Å². The summed E-state index contributed by atoms with van der Waals surface area (Å²) in [6, 6.07) is 16.6. The number of sulfonamides is 1. The fourth-order valence-electron chi connectivity index (χ4n) is 2.54. The van der Waals surface area contributed by atoms with Gasteiger partial charge in [0, 0.05) is 6.54 Å². The molecule has 0 bridgehead atoms. The van der Waals surface area contributed by atoms with E-state index in [2.05, 4.69) is 4.72 Å². The second-order valence-electron chi connectivity index (χ2n) is 5.49. The minimum Gasteiger partial charge on any atom is -0.207 e. The molecule has 0 atom stereocenters. The van der Waals surface area contributed by atoms with Gasteiger partial charge in [-0.2, -0.15) is 13.2 Å². The van der Waals surface area contributed by atoms with Gasteiger partial charge in [-0.05, 0) is 34.5 Å². The lowest BCUT2D eigenvalue weighted by Gasteiger charge is -2.11. The quantitative estimate of drug-likeness (QED) is 0.748. The third kappa shape index (κ3) is 3.83. The van der Waals surface area contributed by atoms with E-state index in [0.717, 1.165) is 34.5 Å². The highest BCUT2D eigenvalue weighted by Gasteiger charge is 2.31. The molecule has 0 aliphatic carbocycles. The summed E-state index contributed by atoms with van der Waals surface area (Å²) >= 11 is 0. The van der Waals surface area contributed by atoms with Crippen LogP contribution >= 0.6 is 0 Å². The van der Waals surface area contributed by atoms with E-state index in [1.807, 2.05) is 30.3 Å². The van der Waals surface area contributed by atoms with Gasteiger partial charge in [0.05, 0.1) is 10.5 Å². The van der Waals surface area contributed by atoms with Crippen molar-refractivity contribution in [2.24, 2.45) is 0 Å². The van der Waals surface area contributed by atoms with Gasteiger partial charge < -0.3 is 0 Å². The van der Waals surface area contributed by atoms with Crippen LogP contribution < -0.4 is 4.72 Å². The van der Waals surface area contributed by atoms with Crippen LogP contribution in [-0.4, -0.2) is 8.42 Å². The van der Waals surface area contributed by atoms with Crippen LogP contribution in [0.2, 0.25) is 0 Å². The van der Waals surface area contributed by atoms with E-state index in [1.165, 1.54) is 0 Å². The summed E-state index contributed by atoms with van der Waals surface area (Å²) in [4.78, 5) is -0.414. The summed E-state index contributed by atoms with van der Waals surface area (Å²) < 4.78 is 65.4. The largest absolute Gasteiger partial charge is 0.416 e. The minimum absolute atomic E-state index is 0.0140. The Morgan fingerprint density at radius 1 is 0.880 bits per heavy atom. The number of nitrogens with one attached hydrogen (secondary N) is 1. The molecule has 0 heterocycles. The average molecular weight is 365 g/mol. The van der Waals surface area contributed by atoms with Crippen LogP contribution in [0.5, 0.6) is 0 Å². The van der Waals surface area contributed by atoms with Crippen molar-refractivity contribution < 1.29 is 21.6 Å². The predicted molar refractivity (Wildman–Crippen MR) is 89.4 cm³/mol. The maximum absolute atomic E-state index is 12.8. The summed E-state index contributed by atoms with van der Waals surface area (Å²) in [6.07, 6.45) is -4.60. The second kappa shape index (κ2) is 6.50. The Hall–Kier alpha value is -2.38. The van der Waals surface area contributed by atoms with Crippen molar-refractivity contribution in [1.29, 1.82) is 0 Å². The van der Waals surface area contributed by atoms with Crippen molar-refractivity contribution in [2.45, 2.75) is 17.6 Å². The molecule has 25 heavy (non-hydrogen) atoms. The van der Waals surface area contributed by atoms with Crippen LogP contribution in [0.1, 0.15) is 11.1 Å². The zero-order valence-corrected chi connectivity index (χ0v) is 13.7. The lowest BCUT2D eigenvalue weighted by Crippen LogP contribution is -2.23. The Morgan fingerprint density at radius 3 is 2.32 bits per heavy atom. The fourth-order valence-corrected chi connectivity index (χ4v) is 3.59. The molecule has 0 fully saturated rings. The molecule has 0 radical (unpaired) electrons. The van der Waals surface area contributed by atoms with Crippen LogP contribution in [0.25, 0.3) is 10.8 Å². The van der Waals surface area contributed by atoms with Gasteiger partial charge in [-0.25, -0.2) is 13.1 Å². The van der Waals surface area contributed by atoms with Gasteiger partial charge >= 0.3 is 6.18 Å². The topological polar surface area (TPSA) is 46.2 Å². The molecule has 0 aliphatic rings. The third-order valence-corrected chi connectivity index (χ3v) is 5.20. The van der Waals surface area contributed by atoms with Crippen molar-refractivity contribution in [3.8, 4) is 0 Å². The summed E-state index contributed by atoms with van der Waals surface area (Å²) in [6.45, 7) is -0.0140. The van der Waals surface area contributed by atoms with Gasteiger partial charge in [0.25, 0.3) is 0 Å². The summed E-state index contributed by atoms with van der Waals surface area (Å²) in [5.41, 5.74) is -0.255. The standard InChI is InChI=1S/C18H14F3NO2S/c19-18(20,21)15-8-4-9-16(11-15)25(23,24)22-12-14-7-3-6-13-5-1-2-10-17(13)14/h1-11,22H,12H2. The van der Waals surface area contributed by atoms with E-state index in [-0.39, 0.29) is 6.54 Å². The Kier molecular flexibility index (Phi) is 4.53. The van der Waals surface area contributed by atoms with Crippen molar-refractivity contribution in [3.05, 3.63) is 77.9 Å². The SMILES string of the molecule is O=S(=O)(NCc1cccc2ccccc12)c1cccc(C(F)(F)F)c1. The van der Waals surface area contributed by atoms with E-state index in [0.29, 0.717) is 6.07 Å². The maximum Gasteiger partial charge on any atom is 0.416 e. The number of rotatable bonds is 4. The number of hydrogen-bond acceptors (Lipinski definition) is 2. The molecular weight excluding hydrogens is 351 g/mol. The lowest BCUT2D eigenvalue weighted by atomic mass is 10.1. The molecule has 0 aromatic heterocycles. The summed E-state index contributed by atoms with van der Waals surface area (Å²) in [7, 11) is -4.06. The van der Waals surface area contributed by atoms with Crippen LogP contribution in [-0.2, 0) is 22.7 Å². The molecule has 3 aromatic rings. The molecule has 3 aromatic carbocycles. The molecule has 0 amide bonds. The Balaban J connectivity index is 1.87. The number of alkyl halides is 3. The Labute approximate surface area is 143 Å². The molecule has 7 heteroatoms. The fraction of sp³-hybridized carbons (Fsp3) is 0.111. The van der Waals surface area contributed by atoms with E-state index in [4.69, 9.17) is 0 Å². The van der Waals surface area contributed by atoms with Crippen LogP contribution in [0.15, 0.2) is 71.6 Å². The lowest BCUT2D eigenvalue weighted by molar-refractivity contribution is -0.137. The first-order valence-electron chi connectivity index (χ1n) is 7.41. The van der Waals surface area contributed by atoms with Gasteiger partial charge in [0.15, 0.2) is 0 Å². The van der Waals surface area contributed by atoms with Gasteiger partial charge in [-0.1, -0.05) is 48.5 Å². The highest BCUT2D eigenvalue weighted by atomic mass is 32.2. The molecule has 1 N–H and O–H groups in total. The van der Waals surface area contributed by atoms with E-state index < -0.39 is 26.7 Å². The number of hydrogen-bond donors (Lipinski definition) is 1. The normalized spacial score (nSPS) is 12.4. The van der Waals surface area contributed by atoms with E-state index in [9.17, 15) is 21.6 Å². The second-order valence-corrected chi connectivity index (χ2v) is 7.26. The summed E-state index contributed by atoms with van der Waals surface area (Å²) in [5.74, 6) is 0.